The summed E-state index contributed by atoms with van der Waals surface area (Å²) < 4.78 is 5.12. The summed E-state index contributed by atoms with van der Waals surface area (Å²) >= 11 is 0. The molecule has 0 spiro atoms. The van der Waals surface area contributed by atoms with E-state index in [0.29, 0.717) is 30.6 Å². The molecular formula is C13H22N4O2. The normalized spacial score (nSPS) is 19.6. The molecule has 2 rings (SSSR count). The van der Waals surface area contributed by atoms with Crippen molar-refractivity contribution in [3.05, 3.63) is 11.7 Å². The molecule has 2 N–H and O–H groups in total. The van der Waals surface area contributed by atoms with Crippen LogP contribution < -0.4 is 10.6 Å². The van der Waals surface area contributed by atoms with Crippen LogP contribution in [0.5, 0.6) is 0 Å². The largest absolute Gasteiger partial charge is 0.347 e. The van der Waals surface area contributed by atoms with Gasteiger partial charge in [-0.25, -0.2) is 0 Å². The molecule has 1 saturated heterocycles. The highest BCUT2D eigenvalue weighted by Crippen LogP contribution is 2.18. The zero-order valence-electron chi connectivity index (χ0n) is 11.8. The molecule has 1 aliphatic heterocycles. The highest BCUT2D eigenvalue weighted by atomic mass is 16.5. The Kier molecular flexibility index (Phi) is 4.19. The minimum atomic E-state index is -0.138. The standard InChI is InChI=1S/C13H22N4O2/c1-13(2,3)12-16-11(19-17-12)8-15-10(18)6-9-4-5-14-7-9/h9,14H,4-8H2,1-3H3,(H,15,18). The lowest BCUT2D eigenvalue weighted by Crippen LogP contribution is -2.26. The van der Waals surface area contributed by atoms with Crippen LogP contribution in [0.3, 0.4) is 0 Å². The van der Waals surface area contributed by atoms with Gasteiger partial charge in [-0.3, -0.25) is 4.79 Å². The Labute approximate surface area is 113 Å². The Hall–Kier alpha value is -1.43. The van der Waals surface area contributed by atoms with E-state index in [1.54, 1.807) is 0 Å². The molecule has 6 nitrogen and oxygen atoms in total. The number of amides is 1. The molecule has 1 aliphatic rings. The van der Waals surface area contributed by atoms with E-state index in [1.807, 2.05) is 20.8 Å². The fraction of sp³-hybridized carbons (Fsp3) is 0.769. The highest BCUT2D eigenvalue weighted by Gasteiger charge is 2.21. The van der Waals surface area contributed by atoms with Crippen molar-refractivity contribution in [3.63, 3.8) is 0 Å². The lowest BCUT2D eigenvalue weighted by molar-refractivity contribution is -0.122. The van der Waals surface area contributed by atoms with E-state index in [9.17, 15) is 4.79 Å². The smallest absolute Gasteiger partial charge is 0.246 e. The van der Waals surface area contributed by atoms with Gasteiger partial charge in [0.05, 0.1) is 6.54 Å². The third-order valence-corrected chi connectivity index (χ3v) is 3.21. The summed E-state index contributed by atoms with van der Waals surface area (Å²) in [6, 6.07) is 0. The van der Waals surface area contributed by atoms with Crippen molar-refractivity contribution in [1.82, 2.24) is 20.8 Å². The topological polar surface area (TPSA) is 80.0 Å². The summed E-state index contributed by atoms with van der Waals surface area (Å²) in [5, 5.41) is 10.00. The number of nitrogens with one attached hydrogen (secondary N) is 2. The Morgan fingerprint density at radius 2 is 2.32 bits per heavy atom. The van der Waals surface area contributed by atoms with Gasteiger partial charge in [-0.15, -0.1) is 0 Å². The second-order valence-electron chi connectivity index (χ2n) is 6.10. The van der Waals surface area contributed by atoms with Crippen molar-refractivity contribution in [2.75, 3.05) is 13.1 Å². The predicted octanol–water partition coefficient (Wildman–Crippen LogP) is 0.983. The van der Waals surface area contributed by atoms with Crippen LogP contribution in [0.4, 0.5) is 0 Å². The zero-order chi connectivity index (χ0) is 13.9. The first kappa shape index (κ1) is 14.0. The van der Waals surface area contributed by atoms with Crippen LogP contribution in [-0.2, 0) is 16.8 Å². The molecule has 1 aromatic rings. The maximum absolute atomic E-state index is 11.7. The van der Waals surface area contributed by atoms with Gasteiger partial charge in [0.25, 0.3) is 0 Å². The average Bonchev–Trinajstić information content (AvgIpc) is 2.95. The van der Waals surface area contributed by atoms with Crippen molar-refractivity contribution < 1.29 is 9.32 Å². The van der Waals surface area contributed by atoms with Crippen molar-refractivity contribution in [3.8, 4) is 0 Å². The van der Waals surface area contributed by atoms with Gasteiger partial charge >= 0.3 is 0 Å². The number of hydrogen-bond acceptors (Lipinski definition) is 5. The second kappa shape index (κ2) is 5.69. The number of nitrogens with zero attached hydrogens (tertiary/aromatic N) is 2. The summed E-state index contributed by atoms with van der Waals surface area (Å²) in [4.78, 5) is 16.0. The summed E-state index contributed by atoms with van der Waals surface area (Å²) in [5.41, 5.74) is -0.138. The van der Waals surface area contributed by atoms with Gasteiger partial charge in [-0.1, -0.05) is 25.9 Å². The second-order valence-corrected chi connectivity index (χ2v) is 6.10. The van der Waals surface area contributed by atoms with Gasteiger partial charge in [0.1, 0.15) is 0 Å². The van der Waals surface area contributed by atoms with Gasteiger partial charge in [0.2, 0.25) is 11.8 Å². The van der Waals surface area contributed by atoms with Crippen LogP contribution in [-0.4, -0.2) is 29.1 Å². The fourth-order valence-corrected chi connectivity index (χ4v) is 2.03. The molecule has 0 aliphatic carbocycles. The summed E-state index contributed by atoms with van der Waals surface area (Å²) in [6.07, 6.45) is 1.63. The van der Waals surface area contributed by atoms with Gasteiger partial charge in [-0.05, 0) is 25.4 Å². The van der Waals surface area contributed by atoms with Crippen LogP contribution in [0.15, 0.2) is 4.52 Å². The quantitative estimate of drug-likeness (QED) is 0.849. The molecule has 0 saturated carbocycles. The van der Waals surface area contributed by atoms with E-state index in [1.165, 1.54) is 0 Å². The van der Waals surface area contributed by atoms with Gasteiger partial charge in [0, 0.05) is 11.8 Å². The van der Waals surface area contributed by atoms with Crippen molar-refractivity contribution in [2.45, 2.75) is 45.6 Å². The molecule has 1 unspecified atom stereocenters. The van der Waals surface area contributed by atoms with E-state index in [-0.39, 0.29) is 11.3 Å². The molecule has 1 fully saturated rings. The lowest BCUT2D eigenvalue weighted by atomic mass is 9.96. The van der Waals surface area contributed by atoms with E-state index < -0.39 is 0 Å². The first-order valence-electron chi connectivity index (χ1n) is 6.75. The van der Waals surface area contributed by atoms with E-state index >= 15 is 0 Å². The molecule has 1 amide bonds. The Balaban J connectivity index is 1.78. The Morgan fingerprint density at radius 3 is 2.89 bits per heavy atom. The summed E-state index contributed by atoms with van der Waals surface area (Å²) in [5.74, 6) is 1.62. The number of carbonyl (C=O) groups excluding carboxylic acids is 1. The molecule has 0 aromatic carbocycles. The Morgan fingerprint density at radius 1 is 1.53 bits per heavy atom. The van der Waals surface area contributed by atoms with Crippen LogP contribution in [0.1, 0.15) is 45.3 Å². The molecule has 19 heavy (non-hydrogen) atoms. The van der Waals surface area contributed by atoms with Crippen LogP contribution in [0.25, 0.3) is 0 Å². The van der Waals surface area contributed by atoms with E-state index in [2.05, 4.69) is 20.8 Å². The number of carbonyl (C=O) groups is 1. The van der Waals surface area contributed by atoms with Crippen molar-refractivity contribution in [1.29, 1.82) is 0 Å². The van der Waals surface area contributed by atoms with Gasteiger partial charge < -0.3 is 15.2 Å². The molecular weight excluding hydrogens is 244 g/mol. The number of aromatic nitrogens is 2. The van der Waals surface area contributed by atoms with Crippen LogP contribution >= 0.6 is 0 Å². The third-order valence-electron chi connectivity index (χ3n) is 3.21. The van der Waals surface area contributed by atoms with Gasteiger partial charge in [0.15, 0.2) is 5.82 Å². The number of rotatable bonds is 4. The Bertz CT molecular complexity index is 430. The maximum Gasteiger partial charge on any atom is 0.246 e. The van der Waals surface area contributed by atoms with E-state index in [0.717, 1.165) is 19.5 Å². The van der Waals surface area contributed by atoms with E-state index in [4.69, 9.17) is 4.52 Å². The van der Waals surface area contributed by atoms with Gasteiger partial charge in [-0.2, -0.15) is 4.98 Å². The van der Waals surface area contributed by atoms with Crippen molar-refractivity contribution in [2.24, 2.45) is 5.92 Å². The van der Waals surface area contributed by atoms with Crippen LogP contribution in [0.2, 0.25) is 0 Å². The molecule has 1 aromatic heterocycles. The summed E-state index contributed by atoms with van der Waals surface area (Å²) in [6.45, 7) is 8.31. The molecule has 6 heteroatoms. The minimum Gasteiger partial charge on any atom is -0.347 e. The first-order chi connectivity index (χ1) is 8.95. The SMILES string of the molecule is CC(C)(C)c1noc(CNC(=O)CC2CCNC2)n1. The summed E-state index contributed by atoms with van der Waals surface area (Å²) in [7, 11) is 0. The number of hydrogen-bond donors (Lipinski definition) is 2. The fourth-order valence-electron chi connectivity index (χ4n) is 2.03. The van der Waals surface area contributed by atoms with Crippen molar-refractivity contribution >= 4 is 5.91 Å². The molecule has 2 heterocycles. The van der Waals surface area contributed by atoms with Crippen LogP contribution in [0, 0.1) is 5.92 Å². The average molecular weight is 266 g/mol. The molecule has 0 bridgehead atoms. The minimum absolute atomic E-state index is 0.0456. The predicted molar refractivity (Wildman–Crippen MR) is 70.4 cm³/mol. The third kappa shape index (κ3) is 4.02. The first-order valence-corrected chi connectivity index (χ1v) is 6.75. The zero-order valence-corrected chi connectivity index (χ0v) is 11.8. The lowest BCUT2D eigenvalue weighted by Gasteiger charge is -2.11. The molecule has 0 radical (unpaired) electrons. The monoisotopic (exact) mass is 266 g/mol. The molecule has 106 valence electrons. The highest BCUT2D eigenvalue weighted by molar-refractivity contribution is 5.76. The maximum atomic E-state index is 11.7. The molecule has 1 atom stereocenters.